The highest BCUT2D eigenvalue weighted by atomic mass is 32.2. The maximum absolute atomic E-state index is 13.6. The molecule has 4 rings (SSSR count). The van der Waals surface area contributed by atoms with E-state index < -0.39 is 15.9 Å². The van der Waals surface area contributed by atoms with Crippen LogP contribution < -0.4 is 10.1 Å². The fourth-order valence-electron chi connectivity index (χ4n) is 4.23. The van der Waals surface area contributed by atoms with Gasteiger partial charge in [0.25, 0.3) is 0 Å². The molecule has 0 bridgehead atoms. The largest absolute Gasteiger partial charge is 0.497 e. The van der Waals surface area contributed by atoms with Gasteiger partial charge in [-0.3, -0.25) is 4.79 Å². The van der Waals surface area contributed by atoms with Gasteiger partial charge in [-0.15, -0.1) is 0 Å². The van der Waals surface area contributed by atoms with E-state index in [2.05, 4.69) is 5.32 Å². The Bertz CT molecular complexity index is 1170. The minimum atomic E-state index is -3.76. The smallest absolute Gasteiger partial charge is 0.243 e. The van der Waals surface area contributed by atoms with Crippen LogP contribution in [0.2, 0.25) is 0 Å². The van der Waals surface area contributed by atoms with Crippen LogP contribution in [0.25, 0.3) is 0 Å². The Morgan fingerprint density at radius 3 is 2.21 bits per heavy atom. The summed E-state index contributed by atoms with van der Waals surface area (Å²) in [7, 11) is -2.15. The highest BCUT2D eigenvalue weighted by Crippen LogP contribution is 2.37. The number of amides is 1. The Balaban J connectivity index is 1.53. The van der Waals surface area contributed by atoms with E-state index in [0.29, 0.717) is 19.4 Å². The normalized spacial score (nSPS) is 19.1. The summed E-state index contributed by atoms with van der Waals surface area (Å²) in [4.78, 5) is 13.2. The van der Waals surface area contributed by atoms with Crippen LogP contribution >= 0.6 is 0 Å². The summed E-state index contributed by atoms with van der Waals surface area (Å²) in [6, 6.07) is 25.3. The number of piperidine rings is 1. The van der Waals surface area contributed by atoms with Gasteiger partial charge in [-0.1, -0.05) is 60.7 Å². The monoisotopic (exact) mass is 464 g/mol. The van der Waals surface area contributed by atoms with Crippen molar-refractivity contribution in [3.8, 4) is 5.75 Å². The zero-order valence-corrected chi connectivity index (χ0v) is 19.4. The third kappa shape index (κ3) is 5.26. The average molecular weight is 465 g/mol. The number of carbonyl (C=O) groups is 1. The molecule has 1 heterocycles. The van der Waals surface area contributed by atoms with Crippen LogP contribution in [0.15, 0.2) is 89.8 Å². The van der Waals surface area contributed by atoms with Crippen LogP contribution in [-0.4, -0.2) is 32.3 Å². The SMILES string of the molecule is COc1ccc(CNC(=O)C2CCC(c3ccccc3)N(S(=O)(=O)c3ccccc3)C2)cc1. The lowest BCUT2D eigenvalue weighted by atomic mass is 9.90. The second kappa shape index (κ2) is 10.2. The van der Waals surface area contributed by atoms with Crippen molar-refractivity contribution in [1.29, 1.82) is 0 Å². The van der Waals surface area contributed by atoms with Crippen LogP contribution in [0, 0.1) is 5.92 Å². The van der Waals surface area contributed by atoms with Gasteiger partial charge in [0.05, 0.1) is 24.0 Å². The van der Waals surface area contributed by atoms with Crippen LogP contribution in [0.3, 0.4) is 0 Å². The van der Waals surface area contributed by atoms with Crippen molar-refractivity contribution in [3.05, 3.63) is 96.1 Å². The zero-order chi connectivity index (χ0) is 23.3. The van der Waals surface area contributed by atoms with E-state index in [1.165, 1.54) is 4.31 Å². The number of carbonyl (C=O) groups excluding carboxylic acids is 1. The maximum Gasteiger partial charge on any atom is 0.243 e. The molecular formula is C26H28N2O4S. The molecule has 172 valence electrons. The number of methoxy groups -OCH3 is 1. The molecule has 7 heteroatoms. The summed E-state index contributed by atoms with van der Waals surface area (Å²) in [5, 5.41) is 2.97. The molecule has 1 fully saturated rings. The summed E-state index contributed by atoms with van der Waals surface area (Å²) in [5.41, 5.74) is 1.89. The number of ether oxygens (including phenoxy) is 1. The molecule has 33 heavy (non-hydrogen) atoms. The zero-order valence-electron chi connectivity index (χ0n) is 18.6. The van der Waals surface area contributed by atoms with Crippen LogP contribution in [-0.2, 0) is 21.4 Å². The Hall–Kier alpha value is -3.16. The molecule has 2 unspecified atom stereocenters. The highest BCUT2D eigenvalue weighted by molar-refractivity contribution is 7.89. The van der Waals surface area contributed by atoms with Crippen molar-refractivity contribution >= 4 is 15.9 Å². The van der Waals surface area contributed by atoms with E-state index in [1.807, 2.05) is 54.6 Å². The first kappa shape index (κ1) is 23.0. The molecule has 0 spiro atoms. The Morgan fingerprint density at radius 2 is 1.58 bits per heavy atom. The fourth-order valence-corrected chi connectivity index (χ4v) is 5.94. The van der Waals surface area contributed by atoms with Gasteiger partial charge in [-0.2, -0.15) is 4.31 Å². The molecule has 0 aromatic heterocycles. The van der Waals surface area contributed by atoms with Crippen LogP contribution in [0.4, 0.5) is 0 Å². The Morgan fingerprint density at radius 1 is 0.939 bits per heavy atom. The number of nitrogens with zero attached hydrogens (tertiary/aromatic N) is 1. The number of nitrogens with one attached hydrogen (secondary N) is 1. The predicted octanol–water partition coefficient (Wildman–Crippen LogP) is 4.15. The summed E-state index contributed by atoms with van der Waals surface area (Å²) >= 11 is 0. The molecule has 2 atom stereocenters. The lowest BCUT2D eigenvalue weighted by Crippen LogP contribution is -2.46. The number of hydrogen-bond donors (Lipinski definition) is 1. The highest BCUT2D eigenvalue weighted by Gasteiger charge is 2.39. The van der Waals surface area contributed by atoms with Crippen molar-refractivity contribution < 1.29 is 17.9 Å². The number of hydrogen-bond acceptors (Lipinski definition) is 4. The van der Waals surface area contributed by atoms with Gasteiger partial charge in [0.1, 0.15) is 5.75 Å². The molecule has 1 aliphatic rings. The minimum Gasteiger partial charge on any atom is -0.497 e. The fraction of sp³-hybridized carbons (Fsp3) is 0.269. The molecule has 1 amide bonds. The van der Waals surface area contributed by atoms with Crippen molar-refractivity contribution in [2.24, 2.45) is 5.92 Å². The molecule has 1 saturated heterocycles. The number of sulfonamides is 1. The van der Waals surface area contributed by atoms with E-state index in [1.54, 1.807) is 37.4 Å². The molecule has 3 aromatic carbocycles. The number of benzene rings is 3. The summed E-state index contributed by atoms with van der Waals surface area (Å²) in [6.45, 7) is 0.526. The van der Waals surface area contributed by atoms with E-state index in [0.717, 1.165) is 16.9 Å². The molecule has 1 aliphatic heterocycles. The minimum absolute atomic E-state index is 0.134. The average Bonchev–Trinajstić information content (AvgIpc) is 2.88. The lowest BCUT2D eigenvalue weighted by Gasteiger charge is -2.38. The van der Waals surface area contributed by atoms with Crippen molar-refractivity contribution in [2.45, 2.75) is 30.3 Å². The summed E-state index contributed by atoms with van der Waals surface area (Å²) < 4.78 is 33.8. The maximum atomic E-state index is 13.6. The van der Waals surface area contributed by atoms with E-state index >= 15 is 0 Å². The lowest BCUT2D eigenvalue weighted by molar-refractivity contribution is -0.126. The first-order chi connectivity index (χ1) is 16.0. The number of rotatable bonds is 7. The van der Waals surface area contributed by atoms with Gasteiger partial charge in [0.15, 0.2) is 0 Å². The molecule has 0 saturated carbocycles. The second-order valence-electron chi connectivity index (χ2n) is 8.15. The molecule has 3 aromatic rings. The second-order valence-corrected chi connectivity index (χ2v) is 10.0. The first-order valence-electron chi connectivity index (χ1n) is 11.0. The quantitative estimate of drug-likeness (QED) is 0.570. The van der Waals surface area contributed by atoms with Crippen LogP contribution in [0.5, 0.6) is 5.75 Å². The van der Waals surface area contributed by atoms with Gasteiger partial charge < -0.3 is 10.1 Å². The van der Waals surface area contributed by atoms with Crippen LogP contribution in [0.1, 0.15) is 30.0 Å². The van der Waals surface area contributed by atoms with Gasteiger partial charge in [0, 0.05) is 13.1 Å². The van der Waals surface area contributed by atoms with Crippen molar-refractivity contribution in [3.63, 3.8) is 0 Å². The summed E-state index contributed by atoms with van der Waals surface area (Å²) in [5.74, 6) is 0.207. The van der Waals surface area contributed by atoms with Crippen molar-refractivity contribution in [1.82, 2.24) is 9.62 Å². The molecule has 1 N–H and O–H groups in total. The predicted molar refractivity (Wildman–Crippen MR) is 127 cm³/mol. The topological polar surface area (TPSA) is 75.7 Å². The molecular weight excluding hydrogens is 436 g/mol. The first-order valence-corrected chi connectivity index (χ1v) is 12.5. The van der Waals surface area contributed by atoms with E-state index in [9.17, 15) is 13.2 Å². The molecule has 0 aliphatic carbocycles. The molecule has 0 radical (unpaired) electrons. The Kier molecular flexibility index (Phi) is 7.11. The standard InChI is InChI=1S/C26H28N2O4S/c1-32-23-15-12-20(13-16-23)18-27-26(29)22-14-17-25(21-8-4-2-5-9-21)28(19-22)33(30,31)24-10-6-3-7-11-24/h2-13,15-16,22,25H,14,17-19H2,1H3,(H,27,29). The van der Waals surface area contributed by atoms with Gasteiger partial charge in [0.2, 0.25) is 15.9 Å². The van der Waals surface area contributed by atoms with Gasteiger partial charge in [-0.05, 0) is 48.2 Å². The Labute approximate surface area is 195 Å². The van der Waals surface area contributed by atoms with Gasteiger partial charge >= 0.3 is 0 Å². The van der Waals surface area contributed by atoms with E-state index in [4.69, 9.17) is 4.74 Å². The van der Waals surface area contributed by atoms with Crippen molar-refractivity contribution in [2.75, 3.05) is 13.7 Å². The molecule has 6 nitrogen and oxygen atoms in total. The van der Waals surface area contributed by atoms with Gasteiger partial charge in [-0.25, -0.2) is 8.42 Å². The van der Waals surface area contributed by atoms with E-state index in [-0.39, 0.29) is 23.4 Å². The third-order valence-corrected chi connectivity index (χ3v) is 7.96. The third-order valence-electron chi connectivity index (χ3n) is 6.07. The summed E-state index contributed by atoms with van der Waals surface area (Å²) in [6.07, 6.45) is 1.20.